The second kappa shape index (κ2) is 4.65. The van der Waals surface area contributed by atoms with Gasteiger partial charge in [0.25, 0.3) is 0 Å². The monoisotopic (exact) mass is 186 g/mol. The summed E-state index contributed by atoms with van der Waals surface area (Å²) in [6, 6.07) is 0. The van der Waals surface area contributed by atoms with Crippen LogP contribution in [0.25, 0.3) is 0 Å². The smallest absolute Gasteiger partial charge is 0.166 e. The lowest BCUT2D eigenvalue weighted by Crippen LogP contribution is -2.36. The van der Waals surface area contributed by atoms with Crippen LogP contribution in [0.5, 0.6) is 0 Å². The van der Waals surface area contributed by atoms with Crippen LogP contribution in [-0.4, -0.2) is 23.1 Å². The van der Waals surface area contributed by atoms with Crippen molar-refractivity contribution >= 4 is 17.3 Å². The molecule has 2 N–H and O–H groups in total. The molecule has 1 unspecified atom stereocenters. The Morgan fingerprint density at radius 3 is 2.83 bits per heavy atom. The molecule has 1 saturated heterocycles. The summed E-state index contributed by atoms with van der Waals surface area (Å²) < 4.78 is 0. The van der Waals surface area contributed by atoms with Gasteiger partial charge in [0.2, 0.25) is 0 Å². The number of hydrogen-bond acceptors (Lipinski definition) is 1. The summed E-state index contributed by atoms with van der Waals surface area (Å²) in [4.78, 5) is 2.13. The molecule has 1 rings (SSSR count). The molecule has 0 aromatic rings. The van der Waals surface area contributed by atoms with Crippen LogP contribution in [0.3, 0.4) is 0 Å². The van der Waals surface area contributed by atoms with Crippen molar-refractivity contribution in [2.45, 2.75) is 32.6 Å². The van der Waals surface area contributed by atoms with Crippen LogP contribution >= 0.6 is 12.2 Å². The molecule has 0 aromatic carbocycles. The first kappa shape index (κ1) is 9.78. The Balaban J connectivity index is 2.39. The summed E-state index contributed by atoms with van der Waals surface area (Å²) >= 11 is 4.95. The maximum absolute atomic E-state index is 5.58. The zero-order valence-corrected chi connectivity index (χ0v) is 8.57. The predicted octanol–water partition coefficient (Wildman–Crippen LogP) is 1.74. The molecule has 0 spiro atoms. The van der Waals surface area contributed by atoms with Gasteiger partial charge in [-0.15, -0.1) is 0 Å². The lowest BCUT2D eigenvalue weighted by atomic mass is 9.98. The molecular weight excluding hydrogens is 168 g/mol. The number of nitrogens with zero attached hydrogens (tertiary/aromatic N) is 1. The first-order valence-electron chi connectivity index (χ1n) is 4.78. The van der Waals surface area contributed by atoms with E-state index in [1.807, 2.05) is 0 Å². The summed E-state index contributed by atoms with van der Waals surface area (Å²) in [5, 5.41) is 0.576. The highest BCUT2D eigenvalue weighted by molar-refractivity contribution is 7.80. The zero-order valence-electron chi connectivity index (χ0n) is 7.75. The Morgan fingerprint density at radius 2 is 2.25 bits per heavy atom. The molecular formula is C9H18N2S. The third kappa shape index (κ3) is 2.63. The van der Waals surface area contributed by atoms with E-state index in [-0.39, 0.29) is 0 Å². The average molecular weight is 186 g/mol. The number of hydrogen-bond donors (Lipinski definition) is 1. The van der Waals surface area contributed by atoms with E-state index in [9.17, 15) is 0 Å². The van der Waals surface area contributed by atoms with Crippen molar-refractivity contribution in [3.63, 3.8) is 0 Å². The number of rotatable bonds is 1. The normalized spacial score (nSPS) is 25.1. The second-order valence-corrected chi connectivity index (χ2v) is 3.95. The first-order chi connectivity index (χ1) is 5.74. The fourth-order valence-corrected chi connectivity index (χ4v) is 1.98. The van der Waals surface area contributed by atoms with E-state index >= 15 is 0 Å². The van der Waals surface area contributed by atoms with E-state index in [1.54, 1.807) is 0 Å². The Kier molecular flexibility index (Phi) is 3.79. The van der Waals surface area contributed by atoms with Crippen LogP contribution in [0.15, 0.2) is 0 Å². The molecule has 0 aromatic heterocycles. The first-order valence-corrected chi connectivity index (χ1v) is 5.19. The SMILES string of the molecule is CCC1CCCN(C(N)=S)CC1. The van der Waals surface area contributed by atoms with Crippen LogP contribution in [0, 0.1) is 5.92 Å². The van der Waals surface area contributed by atoms with Crippen molar-refractivity contribution in [2.24, 2.45) is 11.7 Å². The fraction of sp³-hybridized carbons (Fsp3) is 0.889. The Morgan fingerprint density at radius 1 is 1.50 bits per heavy atom. The van der Waals surface area contributed by atoms with Crippen molar-refractivity contribution in [3.8, 4) is 0 Å². The van der Waals surface area contributed by atoms with Crippen LogP contribution in [-0.2, 0) is 0 Å². The van der Waals surface area contributed by atoms with Crippen molar-refractivity contribution in [1.82, 2.24) is 4.90 Å². The molecule has 2 nitrogen and oxygen atoms in total. The highest BCUT2D eigenvalue weighted by Crippen LogP contribution is 2.19. The standard InChI is InChI=1S/C9H18N2S/c1-2-8-4-3-6-11(7-5-8)9(10)12/h8H,2-7H2,1H3,(H2,10,12). The van der Waals surface area contributed by atoms with Crippen LogP contribution in [0.2, 0.25) is 0 Å². The topological polar surface area (TPSA) is 29.3 Å². The molecule has 1 atom stereocenters. The van der Waals surface area contributed by atoms with Crippen molar-refractivity contribution in [2.75, 3.05) is 13.1 Å². The summed E-state index contributed by atoms with van der Waals surface area (Å²) in [5.74, 6) is 0.893. The maximum Gasteiger partial charge on any atom is 0.166 e. The molecule has 1 aliphatic rings. The quantitative estimate of drug-likeness (QED) is 0.633. The molecule has 0 bridgehead atoms. The highest BCUT2D eigenvalue weighted by atomic mass is 32.1. The second-order valence-electron chi connectivity index (χ2n) is 3.53. The van der Waals surface area contributed by atoms with Gasteiger partial charge in [-0.25, -0.2) is 0 Å². The van der Waals surface area contributed by atoms with Gasteiger partial charge in [-0.2, -0.15) is 0 Å². The van der Waals surface area contributed by atoms with Crippen molar-refractivity contribution in [1.29, 1.82) is 0 Å². The van der Waals surface area contributed by atoms with Gasteiger partial charge >= 0.3 is 0 Å². The fourth-order valence-electron chi connectivity index (χ4n) is 1.79. The molecule has 70 valence electrons. The van der Waals surface area contributed by atoms with Gasteiger partial charge in [-0.1, -0.05) is 13.3 Å². The molecule has 12 heavy (non-hydrogen) atoms. The van der Waals surface area contributed by atoms with E-state index in [0.717, 1.165) is 19.0 Å². The molecule has 0 radical (unpaired) electrons. The molecule has 1 fully saturated rings. The van der Waals surface area contributed by atoms with Gasteiger partial charge in [0, 0.05) is 13.1 Å². The van der Waals surface area contributed by atoms with Gasteiger partial charge < -0.3 is 10.6 Å². The van der Waals surface area contributed by atoms with E-state index in [1.165, 1.54) is 25.7 Å². The molecule has 0 saturated carbocycles. The maximum atomic E-state index is 5.58. The van der Waals surface area contributed by atoms with Gasteiger partial charge in [0.15, 0.2) is 5.11 Å². The minimum Gasteiger partial charge on any atom is -0.376 e. The van der Waals surface area contributed by atoms with E-state index in [2.05, 4.69) is 11.8 Å². The molecule has 3 heteroatoms. The van der Waals surface area contributed by atoms with Gasteiger partial charge in [0.05, 0.1) is 0 Å². The highest BCUT2D eigenvalue weighted by Gasteiger charge is 2.15. The zero-order chi connectivity index (χ0) is 8.97. The van der Waals surface area contributed by atoms with Crippen LogP contribution < -0.4 is 5.73 Å². The Bertz CT molecular complexity index is 159. The molecule has 0 aliphatic carbocycles. The average Bonchev–Trinajstić information content (AvgIpc) is 2.28. The third-order valence-electron chi connectivity index (χ3n) is 2.74. The lowest BCUT2D eigenvalue weighted by Gasteiger charge is -2.19. The summed E-state index contributed by atoms with van der Waals surface area (Å²) in [5.41, 5.74) is 5.58. The van der Waals surface area contributed by atoms with Gasteiger partial charge in [-0.3, -0.25) is 0 Å². The van der Waals surface area contributed by atoms with Crippen LogP contribution in [0.1, 0.15) is 32.6 Å². The minimum absolute atomic E-state index is 0.576. The summed E-state index contributed by atoms with van der Waals surface area (Å²) in [7, 11) is 0. The third-order valence-corrected chi connectivity index (χ3v) is 2.99. The Hall–Kier alpha value is -0.310. The van der Waals surface area contributed by atoms with Gasteiger partial charge in [-0.05, 0) is 37.4 Å². The lowest BCUT2D eigenvalue weighted by molar-refractivity contribution is 0.414. The van der Waals surface area contributed by atoms with Crippen LogP contribution in [0.4, 0.5) is 0 Å². The predicted molar refractivity (Wildman–Crippen MR) is 56.0 cm³/mol. The van der Waals surface area contributed by atoms with Crippen molar-refractivity contribution < 1.29 is 0 Å². The molecule has 1 heterocycles. The van der Waals surface area contributed by atoms with E-state index in [0.29, 0.717) is 5.11 Å². The van der Waals surface area contributed by atoms with E-state index < -0.39 is 0 Å². The number of nitrogens with two attached hydrogens (primary N) is 1. The van der Waals surface area contributed by atoms with E-state index in [4.69, 9.17) is 18.0 Å². The van der Waals surface area contributed by atoms with Gasteiger partial charge in [0.1, 0.15) is 0 Å². The Labute approximate surface area is 80.1 Å². The largest absolute Gasteiger partial charge is 0.376 e. The van der Waals surface area contributed by atoms with Crippen molar-refractivity contribution in [3.05, 3.63) is 0 Å². The summed E-state index contributed by atoms with van der Waals surface area (Å²) in [6.45, 7) is 4.39. The number of thiocarbonyl (C=S) groups is 1. The minimum atomic E-state index is 0.576. The molecule has 1 aliphatic heterocycles. The number of likely N-dealkylation sites (tertiary alicyclic amines) is 1. The summed E-state index contributed by atoms with van der Waals surface area (Å²) in [6.07, 6.45) is 5.14. The molecule has 0 amide bonds.